The van der Waals surface area contributed by atoms with E-state index in [2.05, 4.69) is 21.7 Å². The van der Waals surface area contributed by atoms with Crippen LogP contribution >= 0.6 is 0 Å². The van der Waals surface area contributed by atoms with Crippen LogP contribution in [0.15, 0.2) is 18.3 Å². The van der Waals surface area contributed by atoms with Gasteiger partial charge in [-0.05, 0) is 57.7 Å². The highest BCUT2D eigenvalue weighted by Gasteiger charge is 2.20. The number of rotatable bonds is 6. The van der Waals surface area contributed by atoms with Crippen LogP contribution in [0.2, 0.25) is 0 Å². The number of aromatic nitrogens is 1. The Balaban J connectivity index is 1.59. The highest BCUT2D eigenvalue weighted by Crippen LogP contribution is 2.18. The van der Waals surface area contributed by atoms with Crippen molar-refractivity contribution in [2.45, 2.75) is 57.0 Å². The lowest BCUT2D eigenvalue weighted by atomic mass is 9.91. The van der Waals surface area contributed by atoms with Gasteiger partial charge in [0, 0.05) is 30.4 Å². The standard InChI is InChI=1S/C15H25N3O/c1-16-12-7-9-14(10-8-12)18-15(19)6-2-4-13-5-3-11-17-13/h3,5,11-12,14,16-17H,2,4,6-10H2,1H3,(H,18,19). The molecule has 1 aromatic rings. The van der Waals surface area contributed by atoms with E-state index < -0.39 is 0 Å². The van der Waals surface area contributed by atoms with Crippen LogP contribution < -0.4 is 10.6 Å². The summed E-state index contributed by atoms with van der Waals surface area (Å²) in [7, 11) is 2.02. The van der Waals surface area contributed by atoms with Crippen LogP contribution in [0.4, 0.5) is 0 Å². The number of aromatic amines is 1. The molecular weight excluding hydrogens is 238 g/mol. The average Bonchev–Trinajstić information content (AvgIpc) is 2.93. The third-order valence-corrected chi connectivity index (χ3v) is 4.01. The van der Waals surface area contributed by atoms with Crippen LogP contribution in [0.5, 0.6) is 0 Å². The minimum absolute atomic E-state index is 0.208. The van der Waals surface area contributed by atoms with Crippen LogP contribution in [0, 0.1) is 0 Å². The van der Waals surface area contributed by atoms with Gasteiger partial charge in [0.15, 0.2) is 0 Å². The Morgan fingerprint density at radius 1 is 1.32 bits per heavy atom. The topological polar surface area (TPSA) is 56.9 Å². The first-order valence-corrected chi connectivity index (χ1v) is 7.37. The average molecular weight is 263 g/mol. The molecular formula is C15H25N3O. The fourth-order valence-electron chi connectivity index (χ4n) is 2.79. The van der Waals surface area contributed by atoms with E-state index in [4.69, 9.17) is 0 Å². The summed E-state index contributed by atoms with van der Waals surface area (Å²) in [5.41, 5.74) is 1.21. The molecule has 4 nitrogen and oxygen atoms in total. The highest BCUT2D eigenvalue weighted by atomic mass is 16.1. The molecule has 4 heteroatoms. The van der Waals surface area contributed by atoms with E-state index in [1.54, 1.807) is 0 Å². The van der Waals surface area contributed by atoms with Crippen LogP contribution in [0.1, 0.15) is 44.2 Å². The van der Waals surface area contributed by atoms with E-state index >= 15 is 0 Å². The minimum atomic E-state index is 0.208. The molecule has 1 heterocycles. The predicted molar refractivity (Wildman–Crippen MR) is 77.0 cm³/mol. The molecule has 3 N–H and O–H groups in total. The summed E-state index contributed by atoms with van der Waals surface area (Å²) in [6, 6.07) is 5.09. The number of nitrogens with one attached hydrogen (secondary N) is 3. The van der Waals surface area contributed by atoms with E-state index in [1.165, 1.54) is 18.5 Å². The molecule has 1 amide bonds. The van der Waals surface area contributed by atoms with E-state index in [-0.39, 0.29) is 5.91 Å². The Kier molecular flexibility index (Phi) is 5.45. The Morgan fingerprint density at radius 3 is 2.68 bits per heavy atom. The van der Waals surface area contributed by atoms with Crippen molar-refractivity contribution in [2.24, 2.45) is 0 Å². The van der Waals surface area contributed by atoms with E-state index in [9.17, 15) is 4.79 Å². The molecule has 1 saturated carbocycles. The van der Waals surface area contributed by atoms with Crippen LogP contribution in [0.3, 0.4) is 0 Å². The molecule has 1 fully saturated rings. The number of carbonyl (C=O) groups is 1. The van der Waals surface area contributed by atoms with Gasteiger partial charge in [0.05, 0.1) is 0 Å². The molecule has 0 bridgehead atoms. The summed E-state index contributed by atoms with van der Waals surface area (Å²) in [4.78, 5) is 15.0. The predicted octanol–water partition coefficient (Wildman–Crippen LogP) is 1.98. The second kappa shape index (κ2) is 7.34. The van der Waals surface area contributed by atoms with E-state index in [1.807, 2.05) is 19.3 Å². The molecule has 106 valence electrons. The quantitative estimate of drug-likeness (QED) is 0.735. The number of amides is 1. The number of aryl methyl sites for hydroxylation is 1. The van der Waals surface area contributed by atoms with Crippen molar-refractivity contribution in [1.82, 2.24) is 15.6 Å². The minimum Gasteiger partial charge on any atom is -0.365 e. The highest BCUT2D eigenvalue weighted by molar-refractivity contribution is 5.76. The van der Waals surface area contributed by atoms with Crippen LogP contribution in [-0.4, -0.2) is 30.0 Å². The summed E-state index contributed by atoms with van der Waals surface area (Å²) in [6.45, 7) is 0. The summed E-state index contributed by atoms with van der Waals surface area (Å²) >= 11 is 0. The van der Waals surface area contributed by atoms with Gasteiger partial charge in [-0.3, -0.25) is 4.79 Å². The van der Waals surface area contributed by atoms with Crippen LogP contribution in [-0.2, 0) is 11.2 Å². The fourth-order valence-corrected chi connectivity index (χ4v) is 2.79. The number of hydrogen-bond donors (Lipinski definition) is 3. The maximum atomic E-state index is 11.9. The normalized spacial score (nSPS) is 23.2. The summed E-state index contributed by atoms with van der Waals surface area (Å²) in [6.07, 6.45) is 8.97. The van der Waals surface area contributed by atoms with Crippen molar-refractivity contribution in [1.29, 1.82) is 0 Å². The maximum absolute atomic E-state index is 11.9. The summed E-state index contributed by atoms with van der Waals surface area (Å²) in [5.74, 6) is 0.208. The van der Waals surface area contributed by atoms with Gasteiger partial charge in [-0.25, -0.2) is 0 Å². The van der Waals surface area contributed by atoms with Crippen molar-refractivity contribution in [3.05, 3.63) is 24.0 Å². The van der Waals surface area contributed by atoms with Gasteiger partial charge in [-0.15, -0.1) is 0 Å². The lowest BCUT2D eigenvalue weighted by Crippen LogP contribution is -2.41. The molecule has 0 spiro atoms. The third kappa shape index (κ3) is 4.71. The largest absolute Gasteiger partial charge is 0.365 e. The summed E-state index contributed by atoms with van der Waals surface area (Å²) < 4.78 is 0. The van der Waals surface area contributed by atoms with Crippen molar-refractivity contribution < 1.29 is 4.79 Å². The molecule has 1 aromatic heterocycles. The van der Waals surface area contributed by atoms with Gasteiger partial charge in [0.25, 0.3) is 0 Å². The lowest BCUT2D eigenvalue weighted by Gasteiger charge is -2.28. The molecule has 1 aliphatic carbocycles. The molecule has 0 radical (unpaired) electrons. The van der Waals surface area contributed by atoms with Gasteiger partial charge in [0.1, 0.15) is 0 Å². The molecule has 2 rings (SSSR count). The first-order chi connectivity index (χ1) is 9.28. The Morgan fingerprint density at radius 2 is 2.05 bits per heavy atom. The Bertz CT molecular complexity index is 367. The zero-order valence-electron chi connectivity index (χ0n) is 11.7. The molecule has 0 aromatic carbocycles. The second-order valence-electron chi connectivity index (χ2n) is 5.45. The zero-order chi connectivity index (χ0) is 13.5. The molecule has 0 atom stereocenters. The Hall–Kier alpha value is -1.29. The molecule has 19 heavy (non-hydrogen) atoms. The maximum Gasteiger partial charge on any atom is 0.220 e. The molecule has 1 aliphatic rings. The van der Waals surface area contributed by atoms with Gasteiger partial charge in [0.2, 0.25) is 5.91 Å². The lowest BCUT2D eigenvalue weighted by molar-refractivity contribution is -0.122. The first kappa shape index (κ1) is 14.1. The van der Waals surface area contributed by atoms with Crippen molar-refractivity contribution >= 4 is 5.91 Å². The molecule has 0 saturated heterocycles. The van der Waals surface area contributed by atoms with Gasteiger partial charge >= 0.3 is 0 Å². The Labute approximate surface area is 115 Å². The van der Waals surface area contributed by atoms with Crippen molar-refractivity contribution in [2.75, 3.05) is 7.05 Å². The van der Waals surface area contributed by atoms with Crippen molar-refractivity contribution in [3.63, 3.8) is 0 Å². The van der Waals surface area contributed by atoms with Gasteiger partial charge < -0.3 is 15.6 Å². The SMILES string of the molecule is CNC1CCC(NC(=O)CCCc2ccc[nH]2)CC1. The first-order valence-electron chi connectivity index (χ1n) is 7.37. The number of carbonyl (C=O) groups excluding carboxylic acids is 1. The van der Waals surface area contributed by atoms with Crippen LogP contribution in [0.25, 0.3) is 0 Å². The number of hydrogen-bond acceptors (Lipinski definition) is 2. The van der Waals surface area contributed by atoms with E-state index in [0.717, 1.165) is 25.7 Å². The second-order valence-corrected chi connectivity index (χ2v) is 5.45. The zero-order valence-corrected chi connectivity index (χ0v) is 11.7. The van der Waals surface area contributed by atoms with Gasteiger partial charge in [-0.1, -0.05) is 0 Å². The van der Waals surface area contributed by atoms with Crippen molar-refractivity contribution in [3.8, 4) is 0 Å². The molecule has 0 unspecified atom stereocenters. The smallest absolute Gasteiger partial charge is 0.220 e. The molecule has 0 aliphatic heterocycles. The third-order valence-electron chi connectivity index (χ3n) is 4.01. The monoisotopic (exact) mass is 263 g/mol. The number of H-pyrrole nitrogens is 1. The fraction of sp³-hybridized carbons (Fsp3) is 0.667. The summed E-state index contributed by atoms with van der Waals surface area (Å²) in [5, 5.41) is 6.48. The van der Waals surface area contributed by atoms with E-state index in [0.29, 0.717) is 18.5 Å². The van der Waals surface area contributed by atoms with Gasteiger partial charge in [-0.2, -0.15) is 0 Å².